The van der Waals surface area contributed by atoms with Gasteiger partial charge in [-0.2, -0.15) is 0 Å². The Hall–Kier alpha value is -2.91. The molecule has 0 amide bonds. The number of esters is 1. The summed E-state index contributed by atoms with van der Waals surface area (Å²) in [4.78, 5) is 42.1. The van der Waals surface area contributed by atoms with E-state index in [-0.39, 0.29) is 37.5 Å². The highest BCUT2D eigenvalue weighted by Gasteiger charge is 2.20. The number of nitrogens with zero attached hydrogens (tertiary/aromatic N) is 4. The molecule has 1 aromatic carbocycles. The minimum Gasteiger partial charge on any atom is -0.465 e. The second-order valence-corrected chi connectivity index (χ2v) is 6.33. The van der Waals surface area contributed by atoms with Crippen molar-refractivity contribution in [2.75, 3.05) is 20.3 Å². The zero-order valence-corrected chi connectivity index (χ0v) is 16.2. The smallest absolute Gasteiger partial charge is 0.337 e. The molecule has 0 aliphatic heterocycles. The van der Waals surface area contributed by atoms with Gasteiger partial charge in [-0.25, -0.2) is 14.3 Å². The third kappa shape index (κ3) is 3.71. The van der Waals surface area contributed by atoms with Crippen LogP contribution >= 0.6 is 11.6 Å². The van der Waals surface area contributed by atoms with Crippen LogP contribution in [0.5, 0.6) is 0 Å². The van der Waals surface area contributed by atoms with E-state index in [2.05, 4.69) is 4.98 Å². The number of hydrogen-bond donors (Lipinski definition) is 0. The van der Waals surface area contributed by atoms with E-state index in [4.69, 9.17) is 21.1 Å². The first-order chi connectivity index (χ1) is 13.5. The van der Waals surface area contributed by atoms with Crippen molar-refractivity contribution in [3.05, 3.63) is 56.5 Å². The Labute approximate surface area is 164 Å². The SMILES string of the molecule is CCOC(=O)Cn1cnc2c1c(=O)n(CCOC)c(=O)n2-c1ccc(Cl)cc1. The predicted molar refractivity (Wildman–Crippen MR) is 103 cm³/mol. The number of hydrogen-bond acceptors (Lipinski definition) is 6. The van der Waals surface area contributed by atoms with Gasteiger partial charge in [0.25, 0.3) is 5.56 Å². The molecule has 148 valence electrons. The molecule has 9 nitrogen and oxygen atoms in total. The topological polar surface area (TPSA) is 97.4 Å². The second-order valence-electron chi connectivity index (χ2n) is 5.89. The van der Waals surface area contributed by atoms with Crippen LogP contribution in [0.2, 0.25) is 5.02 Å². The Balaban J connectivity index is 2.28. The number of benzene rings is 1. The van der Waals surface area contributed by atoms with Crippen LogP contribution in [0.15, 0.2) is 40.2 Å². The van der Waals surface area contributed by atoms with E-state index >= 15 is 0 Å². The molecule has 0 atom stereocenters. The Morgan fingerprint density at radius 3 is 2.57 bits per heavy atom. The van der Waals surface area contributed by atoms with Gasteiger partial charge in [0.2, 0.25) is 0 Å². The molecule has 0 bridgehead atoms. The predicted octanol–water partition coefficient (Wildman–Crippen LogP) is 1.21. The molecule has 0 radical (unpaired) electrons. The fraction of sp³-hybridized carbons (Fsp3) is 0.333. The molecule has 0 N–H and O–H groups in total. The summed E-state index contributed by atoms with van der Waals surface area (Å²) in [5.41, 5.74) is -0.344. The average molecular weight is 407 g/mol. The fourth-order valence-electron chi connectivity index (χ4n) is 2.85. The van der Waals surface area contributed by atoms with Gasteiger partial charge < -0.3 is 14.0 Å². The summed E-state index contributed by atoms with van der Waals surface area (Å²) in [5.74, 6) is -0.506. The molecule has 0 fully saturated rings. The maximum absolute atomic E-state index is 13.0. The number of ether oxygens (including phenoxy) is 2. The van der Waals surface area contributed by atoms with E-state index in [1.165, 1.54) is 22.6 Å². The number of carbonyl (C=O) groups is 1. The molecule has 0 saturated heterocycles. The van der Waals surface area contributed by atoms with Gasteiger partial charge in [-0.15, -0.1) is 0 Å². The summed E-state index contributed by atoms with van der Waals surface area (Å²) < 4.78 is 13.7. The fourth-order valence-corrected chi connectivity index (χ4v) is 2.97. The molecule has 2 heterocycles. The summed E-state index contributed by atoms with van der Waals surface area (Å²) >= 11 is 5.94. The van der Waals surface area contributed by atoms with E-state index < -0.39 is 17.2 Å². The van der Waals surface area contributed by atoms with Gasteiger partial charge in [0.15, 0.2) is 11.2 Å². The maximum atomic E-state index is 13.0. The molecule has 0 saturated carbocycles. The molecule has 3 aromatic rings. The van der Waals surface area contributed by atoms with Crippen molar-refractivity contribution >= 4 is 28.7 Å². The Morgan fingerprint density at radius 1 is 1.21 bits per heavy atom. The van der Waals surface area contributed by atoms with E-state index in [0.29, 0.717) is 10.7 Å². The van der Waals surface area contributed by atoms with Crippen molar-refractivity contribution in [2.45, 2.75) is 20.0 Å². The largest absolute Gasteiger partial charge is 0.465 e. The lowest BCUT2D eigenvalue weighted by Gasteiger charge is -2.12. The third-order valence-corrected chi connectivity index (χ3v) is 4.36. The van der Waals surface area contributed by atoms with Gasteiger partial charge in [-0.05, 0) is 31.2 Å². The number of methoxy groups -OCH3 is 1. The van der Waals surface area contributed by atoms with Crippen molar-refractivity contribution in [1.82, 2.24) is 18.7 Å². The van der Waals surface area contributed by atoms with Crippen LogP contribution < -0.4 is 11.2 Å². The summed E-state index contributed by atoms with van der Waals surface area (Å²) in [5, 5.41) is 0.508. The zero-order valence-electron chi connectivity index (χ0n) is 15.4. The highest BCUT2D eigenvalue weighted by Crippen LogP contribution is 2.16. The number of rotatable bonds is 7. The monoisotopic (exact) mass is 406 g/mol. The van der Waals surface area contributed by atoms with E-state index in [1.54, 1.807) is 31.2 Å². The van der Waals surface area contributed by atoms with E-state index in [9.17, 15) is 14.4 Å². The lowest BCUT2D eigenvalue weighted by Crippen LogP contribution is -2.41. The quantitative estimate of drug-likeness (QED) is 0.547. The zero-order chi connectivity index (χ0) is 20.3. The van der Waals surface area contributed by atoms with Gasteiger partial charge in [0.05, 0.1) is 31.8 Å². The molecular formula is C18H19ClN4O5. The van der Waals surface area contributed by atoms with Crippen molar-refractivity contribution in [3.8, 4) is 5.69 Å². The van der Waals surface area contributed by atoms with Crippen LogP contribution in [0, 0.1) is 0 Å². The molecule has 0 spiro atoms. The Kier molecular flexibility index (Phi) is 5.96. The Morgan fingerprint density at radius 2 is 1.93 bits per heavy atom. The van der Waals surface area contributed by atoms with Gasteiger partial charge in [0, 0.05) is 12.1 Å². The first-order valence-corrected chi connectivity index (χ1v) is 8.97. The molecule has 28 heavy (non-hydrogen) atoms. The van der Waals surface area contributed by atoms with Gasteiger partial charge in [-0.1, -0.05) is 11.6 Å². The number of imidazole rings is 1. The molecule has 2 aromatic heterocycles. The molecule has 3 rings (SSSR count). The van der Waals surface area contributed by atoms with Crippen LogP contribution in [0.4, 0.5) is 0 Å². The summed E-state index contributed by atoms with van der Waals surface area (Å²) in [7, 11) is 1.48. The minimum absolute atomic E-state index is 0.0578. The van der Waals surface area contributed by atoms with E-state index in [0.717, 1.165) is 4.57 Å². The highest BCUT2D eigenvalue weighted by molar-refractivity contribution is 6.30. The third-order valence-electron chi connectivity index (χ3n) is 4.11. The summed E-state index contributed by atoms with van der Waals surface area (Å²) in [6.07, 6.45) is 1.34. The van der Waals surface area contributed by atoms with Crippen LogP contribution in [-0.4, -0.2) is 45.0 Å². The maximum Gasteiger partial charge on any atom is 0.337 e. The van der Waals surface area contributed by atoms with Crippen LogP contribution in [0.3, 0.4) is 0 Å². The normalized spacial score (nSPS) is 11.1. The lowest BCUT2D eigenvalue weighted by molar-refractivity contribution is -0.143. The number of carbonyl (C=O) groups excluding carboxylic acids is 1. The van der Waals surface area contributed by atoms with Crippen molar-refractivity contribution < 1.29 is 14.3 Å². The molecule has 10 heteroatoms. The van der Waals surface area contributed by atoms with Gasteiger partial charge in [-0.3, -0.25) is 14.2 Å². The average Bonchev–Trinajstić information content (AvgIpc) is 3.06. The second kappa shape index (κ2) is 8.41. The van der Waals surface area contributed by atoms with Crippen LogP contribution in [-0.2, 0) is 27.4 Å². The molecule has 0 aliphatic carbocycles. The molecule has 0 unspecified atom stereocenters. The Bertz CT molecular complexity index is 1110. The number of halogens is 1. The lowest BCUT2D eigenvalue weighted by atomic mass is 10.3. The summed E-state index contributed by atoms with van der Waals surface area (Å²) in [6.45, 7) is 1.96. The van der Waals surface area contributed by atoms with Gasteiger partial charge in [0.1, 0.15) is 6.54 Å². The molecule has 0 aliphatic rings. The standard InChI is InChI=1S/C18H19ClN4O5/c1-3-28-14(24)10-21-11-20-16-15(21)17(25)22(8-9-27-2)18(26)23(16)13-6-4-12(19)5-7-13/h4-7,11H,3,8-10H2,1-2H3. The van der Waals surface area contributed by atoms with Gasteiger partial charge >= 0.3 is 11.7 Å². The van der Waals surface area contributed by atoms with E-state index in [1.807, 2.05) is 0 Å². The van der Waals surface area contributed by atoms with Crippen molar-refractivity contribution in [3.63, 3.8) is 0 Å². The number of aromatic nitrogens is 4. The summed E-state index contributed by atoms with van der Waals surface area (Å²) in [6, 6.07) is 6.57. The molecular weight excluding hydrogens is 388 g/mol. The highest BCUT2D eigenvalue weighted by atomic mass is 35.5. The van der Waals surface area contributed by atoms with Crippen molar-refractivity contribution in [1.29, 1.82) is 0 Å². The first kappa shape index (κ1) is 19.8. The first-order valence-electron chi connectivity index (χ1n) is 8.59. The minimum atomic E-state index is -0.557. The van der Waals surface area contributed by atoms with Crippen LogP contribution in [0.1, 0.15) is 6.92 Å². The van der Waals surface area contributed by atoms with Crippen molar-refractivity contribution in [2.24, 2.45) is 0 Å². The number of fused-ring (bicyclic) bond motifs is 1. The van der Waals surface area contributed by atoms with Crippen LogP contribution in [0.25, 0.3) is 16.9 Å².